The molecule has 2 aromatic heterocycles. The van der Waals surface area contributed by atoms with Crippen LogP contribution < -0.4 is 10.2 Å². The molecular weight excluding hydrogens is 370 g/mol. The molecular formula is C18H12ClN5O3. The number of halogens is 1. The smallest absolute Gasteiger partial charge is 0.291 e. The molecule has 0 bridgehead atoms. The minimum Gasteiger partial charge on any atom is -0.330 e. The van der Waals surface area contributed by atoms with E-state index in [1.54, 1.807) is 29.9 Å². The van der Waals surface area contributed by atoms with Gasteiger partial charge in [0.15, 0.2) is 5.82 Å². The van der Waals surface area contributed by atoms with E-state index < -0.39 is 17.7 Å². The van der Waals surface area contributed by atoms with Gasteiger partial charge in [0.05, 0.1) is 16.3 Å². The molecule has 0 radical (unpaired) electrons. The second kappa shape index (κ2) is 6.33. The summed E-state index contributed by atoms with van der Waals surface area (Å²) in [6.45, 7) is 0. The Bertz CT molecular complexity index is 1070. The van der Waals surface area contributed by atoms with Crippen molar-refractivity contribution < 1.29 is 14.4 Å². The van der Waals surface area contributed by atoms with E-state index in [0.717, 1.165) is 4.90 Å². The number of hydrogen-bond acceptors (Lipinski definition) is 5. The molecule has 134 valence electrons. The van der Waals surface area contributed by atoms with Gasteiger partial charge in [0, 0.05) is 31.3 Å². The molecule has 4 rings (SSSR count). The van der Waals surface area contributed by atoms with E-state index in [9.17, 15) is 14.4 Å². The second-order valence-electron chi connectivity index (χ2n) is 5.83. The lowest BCUT2D eigenvalue weighted by Gasteiger charge is -2.16. The minimum absolute atomic E-state index is 0.0886. The number of nitrogens with zero attached hydrogens (tertiary/aromatic N) is 4. The van der Waals surface area contributed by atoms with Crippen LogP contribution in [0.3, 0.4) is 0 Å². The van der Waals surface area contributed by atoms with Crippen LogP contribution in [-0.4, -0.2) is 32.3 Å². The number of carbonyl (C=O) groups excluding carboxylic acids is 3. The molecule has 27 heavy (non-hydrogen) atoms. The molecule has 0 fully saturated rings. The molecule has 1 aliphatic heterocycles. The number of carbonyl (C=O) groups is 3. The summed E-state index contributed by atoms with van der Waals surface area (Å²) in [6.07, 6.45) is 4.62. The first-order valence-corrected chi connectivity index (χ1v) is 8.27. The molecule has 8 nitrogen and oxygen atoms in total. The van der Waals surface area contributed by atoms with Crippen molar-refractivity contribution in [2.75, 3.05) is 10.2 Å². The number of imidazole rings is 1. The number of nitrogens with one attached hydrogen (secondary N) is 1. The van der Waals surface area contributed by atoms with Crippen molar-refractivity contribution in [1.29, 1.82) is 0 Å². The van der Waals surface area contributed by atoms with Crippen LogP contribution in [0.5, 0.6) is 0 Å². The Labute approximate surface area is 158 Å². The average Bonchev–Trinajstić information content (AvgIpc) is 3.18. The van der Waals surface area contributed by atoms with Crippen LogP contribution in [0.4, 0.5) is 11.4 Å². The van der Waals surface area contributed by atoms with E-state index in [0.29, 0.717) is 5.69 Å². The van der Waals surface area contributed by atoms with Crippen LogP contribution in [-0.2, 0) is 7.05 Å². The monoisotopic (exact) mass is 381 g/mol. The maximum Gasteiger partial charge on any atom is 0.291 e. The maximum absolute atomic E-state index is 12.5. The summed E-state index contributed by atoms with van der Waals surface area (Å²) in [4.78, 5) is 46.2. The highest BCUT2D eigenvalue weighted by Gasteiger charge is 2.38. The Morgan fingerprint density at radius 3 is 2.59 bits per heavy atom. The molecule has 3 amide bonds. The average molecular weight is 382 g/mol. The van der Waals surface area contributed by atoms with Gasteiger partial charge in [-0.05, 0) is 30.3 Å². The van der Waals surface area contributed by atoms with E-state index in [4.69, 9.17) is 11.6 Å². The molecule has 3 heterocycles. The number of benzene rings is 1. The molecule has 3 aromatic rings. The minimum atomic E-state index is -0.540. The van der Waals surface area contributed by atoms with Gasteiger partial charge in [0.1, 0.15) is 5.69 Å². The summed E-state index contributed by atoms with van der Waals surface area (Å²) in [7, 11) is 1.70. The molecule has 1 N–H and O–H groups in total. The quantitative estimate of drug-likeness (QED) is 0.703. The number of imide groups is 1. The van der Waals surface area contributed by atoms with E-state index in [1.807, 2.05) is 0 Å². The number of rotatable bonds is 3. The zero-order chi connectivity index (χ0) is 19.1. The molecule has 0 unspecified atom stereocenters. The molecule has 0 saturated carbocycles. The highest BCUT2D eigenvalue weighted by molar-refractivity contribution is 6.39. The Kier molecular flexibility index (Phi) is 3.97. The molecule has 1 aromatic carbocycles. The van der Waals surface area contributed by atoms with Crippen molar-refractivity contribution in [3.05, 3.63) is 71.0 Å². The van der Waals surface area contributed by atoms with E-state index >= 15 is 0 Å². The van der Waals surface area contributed by atoms with Crippen LogP contribution in [0.1, 0.15) is 31.5 Å². The summed E-state index contributed by atoms with van der Waals surface area (Å²) in [5.41, 5.74) is 0.947. The van der Waals surface area contributed by atoms with Gasteiger partial charge < -0.3 is 9.88 Å². The standard InChI is InChI=1S/C18H12ClN5O3/c1-23-8-7-21-15(23)16(25)22-10-4-5-13(12(19)9-10)24-17(26)11-3-2-6-20-14(11)18(24)27/h2-9H,1H3,(H,22,25). The van der Waals surface area contributed by atoms with E-state index in [1.165, 1.54) is 30.6 Å². The largest absolute Gasteiger partial charge is 0.330 e. The summed E-state index contributed by atoms with van der Waals surface area (Å²) in [5.74, 6) is -1.20. The first kappa shape index (κ1) is 16.9. The van der Waals surface area contributed by atoms with E-state index in [-0.39, 0.29) is 27.8 Å². The summed E-state index contributed by atoms with van der Waals surface area (Å²) in [6, 6.07) is 7.65. The third-order valence-electron chi connectivity index (χ3n) is 4.12. The highest BCUT2D eigenvalue weighted by Crippen LogP contribution is 2.34. The highest BCUT2D eigenvalue weighted by atomic mass is 35.5. The molecule has 0 aliphatic carbocycles. The van der Waals surface area contributed by atoms with Crippen LogP contribution in [0.25, 0.3) is 0 Å². The van der Waals surface area contributed by atoms with Gasteiger partial charge in [0.2, 0.25) is 0 Å². The van der Waals surface area contributed by atoms with Gasteiger partial charge >= 0.3 is 0 Å². The first-order chi connectivity index (χ1) is 13.0. The lowest BCUT2D eigenvalue weighted by atomic mass is 10.2. The van der Waals surface area contributed by atoms with Gasteiger partial charge in [-0.25, -0.2) is 9.88 Å². The van der Waals surface area contributed by atoms with Crippen LogP contribution in [0, 0.1) is 0 Å². The van der Waals surface area contributed by atoms with Gasteiger partial charge in [-0.15, -0.1) is 0 Å². The van der Waals surface area contributed by atoms with Gasteiger partial charge in [-0.2, -0.15) is 0 Å². The Balaban J connectivity index is 1.62. The molecule has 1 aliphatic rings. The number of fused-ring (bicyclic) bond motifs is 1. The summed E-state index contributed by atoms with van der Waals surface area (Å²) >= 11 is 6.28. The summed E-state index contributed by atoms with van der Waals surface area (Å²) < 4.78 is 1.58. The van der Waals surface area contributed by atoms with Crippen molar-refractivity contribution in [1.82, 2.24) is 14.5 Å². The fourth-order valence-electron chi connectivity index (χ4n) is 2.82. The lowest BCUT2D eigenvalue weighted by molar-refractivity contribution is 0.0923. The predicted octanol–water partition coefficient (Wildman–Crippen LogP) is 2.52. The molecule has 0 atom stereocenters. The van der Waals surface area contributed by atoms with Crippen molar-refractivity contribution in [3.8, 4) is 0 Å². The normalized spacial score (nSPS) is 13.0. The van der Waals surface area contributed by atoms with Crippen molar-refractivity contribution in [2.24, 2.45) is 7.05 Å². The zero-order valence-electron chi connectivity index (χ0n) is 14.0. The van der Waals surface area contributed by atoms with Gasteiger partial charge in [0.25, 0.3) is 17.7 Å². The van der Waals surface area contributed by atoms with Gasteiger partial charge in [-0.1, -0.05) is 11.6 Å². The summed E-state index contributed by atoms with van der Waals surface area (Å²) in [5, 5.41) is 2.82. The van der Waals surface area contributed by atoms with Crippen molar-refractivity contribution >= 4 is 40.7 Å². The Morgan fingerprint density at radius 2 is 1.93 bits per heavy atom. The van der Waals surface area contributed by atoms with Gasteiger partial charge in [-0.3, -0.25) is 19.4 Å². The van der Waals surface area contributed by atoms with Crippen molar-refractivity contribution in [3.63, 3.8) is 0 Å². The molecule has 0 saturated heterocycles. The first-order valence-electron chi connectivity index (χ1n) is 7.89. The lowest BCUT2D eigenvalue weighted by Crippen LogP contribution is -2.29. The number of hydrogen-bond donors (Lipinski definition) is 1. The van der Waals surface area contributed by atoms with Crippen LogP contribution in [0.15, 0.2) is 48.9 Å². The number of aromatic nitrogens is 3. The number of pyridine rings is 1. The SMILES string of the molecule is Cn1ccnc1C(=O)Nc1ccc(N2C(=O)c3cccnc3C2=O)c(Cl)c1. The Hall–Kier alpha value is -3.52. The number of amides is 3. The Morgan fingerprint density at radius 1 is 1.11 bits per heavy atom. The number of anilines is 2. The fraction of sp³-hybridized carbons (Fsp3) is 0.0556. The molecule has 0 spiro atoms. The van der Waals surface area contributed by atoms with Crippen LogP contribution >= 0.6 is 11.6 Å². The second-order valence-corrected chi connectivity index (χ2v) is 6.23. The van der Waals surface area contributed by atoms with E-state index in [2.05, 4.69) is 15.3 Å². The van der Waals surface area contributed by atoms with Crippen LogP contribution in [0.2, 0.25) is 5.02 Å². The third kappa shape index (κ3) is 2.76. The zero-order valence-corrected chi connectivity index (χ0v) is 14.8. The third-order valence-corrected chi connectivity index (χ3v) is 4.42. The maximum atomic E-state index is 12.5. The topological polar surface area (TPSA) is 97.2 Å². The predicted molar refractivity (Wildman–Crippen MR) is 98.0 cm³/mol. The fourth-order valence-corrected chi connectivity index (χ4v) is 3.09. The molecule has 9 heteroatoms. The number of aryl methyl sites for hydroxylation is 1. The van der Waals surface area contributed by atoms with Crippen molar-refractivity contribution in [2.45, 2.75) is 0 Å².